The number of carbonyl (C=O) groups excluding carboxylic acids is 1. The second kappa shape index (κ2) is 9.97. The van der Waals surface area contributed by atoms with E-state index in [1.165, 1.54) is 6.33 Å². The normalized spacial score (nSPS) is 13.3. The monoisotopic (exact) mass is 444 g/mol. The Morgan fingerprint density at radius 3 is 2.52 bits per heavy atom. The van der Waals surface area contributed by atoms with E-state index in [2.05, 4.69) is 35.2 Å². The van der Waals surface area contributed by atoms with E-state index >= 15 is 0 Å². The number of hydrogen-bond donors (Lipinski definition) is 1. The van der Waals surface area contributed by atoms with Crippen LogP contribution in [0, 0.1) is 17.2 Å². The highest BCUT2D eigenvalue weighted by molar-refractivity contribution is 6.29. The SMILES string of the molecule is CC(C)CC(C)(COc1ccc(-c2cc(Cl)ncn2)cc1C#N)NC(=O)OC(C)(C)C. The number of hydrogen-bond acceptors (Lipinski definition) is 6. The quantitative estimate of drug-likeness (QED) is 0.576. The molecule has 166 valence electrons. The van der Waals surface area contributed by atoms with Crippen LogP contribution >= 0.6 is 11.6 Å². The maximum Gasteiger partial charge on any atom is 0.408 e. The number of halogens is 1. The van der Waals surface area contributed by atoms with Crippen LogP contribution in [0.2, 0.25) is 5.15 Å². The Labute approximate surface area is 188 Å². The van der Waals surface area contributed by atoms with E-state index in [0.29, 0.717) is 34.5 Å². The number of nitrogens with zero attached hydrogens (tertiary/aromatic N) is 3. The largest absolute Gasteiger partial charge is 0.490 e. The van der Waals surface area contributed by atoms with Gasteiger partial charge in [0.1, 0.15) is 35.5 Å². The molecule has 8 heteroatoms. The van der Waals surface area contributed by atoms with E-state index in [1.807, 2.05) is 27.7 Å². The van der Waals surface area contributed by atoms with Crippen LogP contribution in [0.25, 0.3) is 11.3 Å². The van der Waals surface area contributed by atoms with Gasteiger partial charge in [-0.15, -0.1) is 0 Å². The van der Waals surface area contributed by atoms with Crippen LogP contribution in [0.4, 0.5) is 4.79 Å². The van der Waals surface area contributed by atoms with Crippen molar-refractivity contribution < 1.29 is 14.3 Å². The van der Waals surface area contributed by atoms with Crippen molar-refractivity contribution >= 4 is 17.7 Å². The first-order chi connectivity index (χ1) is 14.4. The van der Waals surface area contributed by atoms with Crippen molar-refractivity contribution in [3.8, 4) is 23.1 Å². The minimum absolute atomic E-state index is 0.178. The molecule has 31 heavy (non-hydrogen) atoms. The number of nitrogens with one attached hydrogen (secondary N) is 1. The summed E-state index contributed by atoms with van der Waals surface area (Å²) in [5.74, 6) is 0.733. The third-order valence-electron chi connectivity index (χ3n) is 4.24. The molecule has 0 aliphatic carbocycles. The molecule has 0 aliphatic rings. The Morgan fingerprint density at radius 2 is 1.94 bits per heavy atom. The van der Waals surface area contributed by atoms with E-state index in [1.54, 1.807) is 24.3 Å². The summed E-state index contributed by atoms with van der Waals surface area (Å²) in [5.41, 5.74) is 0.417. The van der Waals surface area contributed by atoms with Gasteiger partial charge < -0.3 is 14.8 Å². The molecule has 1 aromatic heterocycles. The highest BCUT2D eigenvalue weighted by Crippen LogP contribution is 2.27. The summed E-state index contributed by atoms with van der Waals surface area (Å²) in [7, 11) is 0. The van der Waals surface area contributed by atoms with E-state index in [0.717, 1.165) is 5.56 Å². The van der Waals surface area contributed by atoms with Crippen molar-refractivity contribution in [1.29, 1.82) is 5.26 Å². The van der Waals surface area contributed by atoms with Gasteiger partial charge in [-0.2, -0.15) is 5.26 Å². The summed E-state index contributed by atoms with van der Waals surface area (Å²) < 4.78 is 11.4. The number of rotatable bonds is 7. The van der Waals surface area contributed by atoms with Crippen LogP contribution in [0.3, 0.4) is 0 Å². The fourth-order valence-corrected chi connectivity index (χ4v) is 3.38. The van der Waals surface area contributed by atoms with Crippen molar-refractivity contribution in [3.05, 3.63) is 41.3 Å². The van der Waals surface area contributed by atoms with Gasteiger partial charge in [0, 0.05) is 11.6 Å². The molecule has 7 nitrogen and oxygen atoms in total. The predicted molar refractivity (Wildman–Crippen MR) is 120 cm³/mol. The first-order valence-corrected chi connectivity index (χ1v) is 10.4. The van der Waals surface area contributed by atoms with Crippen molar-refractivity contribution in [2.24, 2.45) is 5.92 Å². The Hall–Kier alpha value is -2.85. The molecule has 0 fully saturated rings. The van der Waals surface area contributed by atoms with E-state index in [9.17, 15) is 10.1 Å². The van der Waals surface area contributed by atoms with Crippen LogP contribution in [0.15, 0.2) is 30.6 Å². The summed E-state index contributed by atoms with van der Waals surface area (Å²) in [4.78, 5) is 20.4. The minimum atomic E-state index is -0.678. The fraction of sp³-hybridized carbons (Fsp3) is 0.478. The van der Waals surface area contributed by atoms with Crippen LogP contribution < -0.4 is 10.1 Å². The number of nitriles is 1. The number of benzene rings is 1. The highest BCUT2D eigenvalue weighted by atomic mass is 35.5. The maximum atomic E-state index is 12.4. The lowest BCUT2D eigenvalue weighted by Crippen LogP contribution is -2.52. The maximum absolute atomic E-state index is 12.4. The zero-order valence-electron chi connectivity index (χ0n) is 18.8. The molecular weight excluding hydrogens is 416 g/mol. The van der Waals surface area contributed by atoms with Gasteiger partial charge in [0.2, 0.25) is 0 Å². The zero-order chi connectivity index (χ0) is 23.2. The second-order valence-corrected chi connectivity index (χ2v) is 9.51. The van der Waals surface area contributed by atoms with Crippen LogP contribution in [0.5, 0.6) is 5.75 Å². The van der Waals surface area contributed by atoms with Crippen molar-refractivity contribution in [2.45, 2.75) is 59.1 Å². The average molecular weight is 445 g/mol. The summed E-state index contributed by atoms with van der Waals surface area (Å²) in [6.07, 6.45) is 1.54. The summed E-state index contributed by atoms with van der Waals surface area (Å²) in [5, 5.41) is 12.9. The van der Waals surface area contributed by atoms with Crippen LogP contribution in [-0.4, -0.2) is 33.8 Å². The van der Waals surface area contributed by atoms with Gasteiger partial charge in [-0.25, -0.2) is 14.8 Å². The van der Waals surface area contributed by atoms with Gasteiger partial charge in [0.05, 0.1) is 16.8 Å². The molecule has 0 saturated carbocycles. The lowest BCUT2D eigenvalue weighted by molar-refractivity contribution is 0.0408. The number of aromatic nitrogens is 2. The molecule has 0 spiro atoms. The highest BCUT2D eigenvalue weighted by Gasteiger charge is 2.31. The van der Waals surface area contributed by atoms with Crippen molar-refractivity contribution in [1.82, 2.24) is 15.3 Å². The van der Waals surface area contributed by atoms with Gasteiger partial charge in [-0.3, -0.25) is 0 Å². The zero-order valence-corrected chi connectivity index (χ0v) is 19.6. The van der Waals surface area contributed by atoms with Gasteiger partial charge in [-0.1, -0.05) is 25.4 Å². The second-order valence-electron chi connectivity index (χ2n) is 9.12. The number of carbonyl (C=O) groups is 1. The summed E-state index contributed by atoms with van der Waals surface area (Å²) >= 11 is 5.94. The van der Waals surface area contributed by atoms with Gasteiger partial charge >= 0.3 is 6.09 Å². The Kier molecular flexibility index (Phi) is 7.85. The Balaban J connectivity index is 2.20. The molecule has 1 heterocycles. The van der Waals surface area contributed by atoms with Crippen molar-refractivity contribution in [3.63, 3.8) is 0 Å². The first-order valence-electron chi connectivity index (χ1n) is 10.1. The molecule has 1 aromatic carbocycles. The Morgan fingerprint density at radius 1 is 1.23 bits per heavy atom. The standard InChI is InChI=1S/C23H29ClN4O3/c1-15(2)11-23(6,28-21(29)31-22(3,4)5)13-30-19-8-7-16(9-17(19)12-25)18-10-20(24)27-14-26-18/h7-10,14-15H,11,13H2,1-6H3,(H,28,29). The third kappa shape index (κ3) is 7.72. The third-order valence-corrected chi connectivity index (χ3v) is 4.44. The molecule has 0 saturated heterocycles. The molecule has 0 radical (unpaired) electrons. The smallest absolute Gasteiger partial charge is 0.408 e. The number of alkyl carbamates (subject to hydrolysis) is 1. The van der Waals surface area contributed by atoms with E-state index in [4.69, 9.17) is 21.1 Å². The van der Waals surface area contributed by atoms with E-state index < -0.39 is 17.2 Å². The molecule has 1 unspecified atom stereocenters. The van der Waals surface area contributed by atoms with Gasteiger partial charge in [0.15, 0.2) is 0 Å². The molecule has 2 aromatic rings. The first kappa shape index (κ1) is 24.4. The minimum Gasteiger partial charge on any atom is -0.490 e. The van der Waals surface area contributed by atoms with Crippen LogP contribution in [-0.2, 0) is 4.74 Å². The number of ether oxygens (including phenoxy) is 2. The molecule has 1 atom stereocenters. The fourth-order valence-electron chi connectivity index (χ4n) is 3.23. The average Bonchev–Trinajstić information content (AvgIpc) is 2.64. The Bertz CT molecular complexity index is 966. The van der Waals surface area contributed by atoms with Crippen molar-refractivity contribution in [2.75, 3.05) is 6.61 Å². The summed E-state index contributed by atoms with van der Waals surface area (Å²) in [6.45, 7) is 11.7. The van der Waals surface area contributed by atoms with E-state index in [-0.39, 0.29) is 6.61 Å². The van der Waals surface area contributed by atoms with Gasteiger partial charge in [-0.05, 0) is 58.2 Å². The lowest BCUT2D eigenvalue weighted by Gasteiger charge is -2.33. The molecular formula is C23H29ClN4O3. The molecule has 0 aliphatic heterocycles. The topological polar surface area (TPSA) is 97.1 Å². The molecule has 1 amide bonds. The summed E-state index contributed by atoms with van der Waals surface area (Å²) in [6, 6.07) is 8.99. The number of amides is 1. The van der Waals surface area contributed by atoms with Gasteiger partial charge in [0.25, 0.3) is 0 Å². The molecule has 0 bridgehead atoms. The molecule has 1 N–H and O–H groups in total. The predicted octanol–water partition coefficient (Wildman–Crippen LogP) is 5.38. The molecule has 2 rings (SSSR count). The lowest BCUT2D eigenvalue weighted by atomic mass is 9.91. The van der Waals surface area contributed by atoms with Crippen LogP contribution in [0.1, 0.15) is 53.5 Å².